The van der Waals surface area contributed by atoms with E-state index in [0.29, 0.717) is 10.9 Å². The van der Waals surface area contributed by atoms with Gasteiger partial charge in [0, 0.05) is 24.0 Å². The van der Waals surface area contributed by atoms with Gasteiger partial charge in [-0.3, -0.25) is 4.79 Å². The van der Waals surface area contributed by atoms with Crippen LogP contribution < -0.4 is 0 Å². The van der Waals surface area contributed by atoms with Crippen molar-refractivity contribution < 1.29 is 4.79 Å². The standard InChI is InChI=1S/C18H21N5OS/c1-2-12-6-7-14-13(10-12)16-17(19-14)20-18(22-21-16)25-11-15(24)23-8-4-3-5-9-23/h6-7,10H,2-5,8-9,11H2,1H3,(H,19,20,22). The van der Waals surface area contributed by atoms with Crippen LogP contribution in [-0.2, 0) is 11.2 Å². The second-order valence-corrected chi connectivity index (χ2v) is 7.32. The first-order valence-corrected chi connectivity index (χ1v) is 9.79. The van der Waals surface area contributed by atoms with Gasteiger partial charge in [-0.2, -0.15) is 0 Å². The Balaban J connectivity index is 1.52. The molecule has 0 spiro atoms. The van der Waals surface area contributed by atoms with Gasteiger partial charge in [0.25, 0.3) is 0 Å². The van der Waals surface area contributed by atoms with Gasteiger partial charge in [-0.15, -0.1) is 10.2 Å². The van der Waals surface area contributed by atoms with Gasteiger partial charge in [0.05, 0.1) is 5.75 Å². The molecule has 7 heteroatoms. The molecule has 0 aliphatic carbocycles. The summed E-state index contributed by atoms with van der Waals surface area (Å²) in [6.45, 7) is 3.88. The molecule has 1 aliphatic heterocycles. The molecule has 1 aromatic carbocycles. The smallest absolute Gasteiger partial charge is 0.233 e. The number of carbonyl (C=O) groups is 1. The summed E-state index contributed by atoms with van der Waals surface area (Å²) in [4.78, 5) is 22.1. The van der Waals surface area contributed by atoms with Crippen molar-refractivity contribution in [2.45, 2.75) is 37.8 Å². The van der Waals surface area contributed by atoms with Crippen molar-refractivity contribution in [3.8, 4) is 0 Å². The van der Waals surface area contributed by atoms with Crippen LogP contribution in [0.4, 0.5) is 0 Å². The number of H-pyrrole nitrogens is 1. The summed E-state index contributed by atoms with van der Waals surface area (Å²) < 4.78 is 0. The fourth-order valence-electron chi connectivity index (χ4n) is 3.25. The third kappa shape index (κ3) is 3.33. The second kappa shape index (κ2) is 7.00. The molecule has 0 unspecified atom stereocenters. The largest absolute Gasteiger partial charge is 0.342 e. The van der Waals surface area contributed by atoms with Gasteiger partial charge in [0.15, 0.2) is 5.65 Å². The number of rotatable bonds is 4. The van der Waals surface area contributed by atoms with Crippen LogP contribution in [0.3, 0.4) is 0 Å². The number of nitrogens with zero attached hydrogens (tertiary/aromatic N) is 4. The van der Waals surface area contributed by atoms with Crippen LogP contribution >= 0.6 is 11.8 Å². The van der Waals surface area contributed by atoms with E-state index in [1.54, 1.807) is 0 Å². The van der Waals surface area contributed by atoms with E-state index in [9.17, 15) is 4.79 Å². The number of aromatic nitrogens is 4. The number of fused-ring (bicyclic) bond motifs is 3. The number of piperidine rings is 1. The van der Waals surface area contributed by atoms with Crippen molar-refractivity contribution in [3.63, 3.8) is 0 Å². The lowest BCUT2D eigenvalue weighted by atomic mass is 10.1. The molecule has 1 saturated heterocycles. The first-order chi connectivity index (χ1) is 12.2. The molecule has 1 aliphatic rings. The third-order valence-electron chi connectivity index (χ3n) is 4.70. The van der Waals surface area contributed by atoms with E-state index < -0.39 is 0 Å². The lowest BCUT2D eigenvalue weighted by Crippen LogP contribution is -2.36. The van der Waals surface area contributed by atoms with Crippen molar-refractivity contribution in [2.24, 2.45) is 0 Å². The number of amides is 1. The fraction of sp³-hybridized carbons (Fsp3) is 0.444. The summed E-state index contributed by atoms with van der Waals surface area (Å²) in [5.41, 5.74) is 3.80. The molecule has 1 N–H and O–H groups in total. The van der Waals surface area contributed by atoms with Crippen LogP contribution in [0, 0.1) is 0 Å². The van der Waals surface area contributed by atoms with Gasteiger partial charge < -0.3 is 9.88 Å². The molecule has 1 amide bonds. The number of carbonyl (C=O) groups excluding carboxylic acids is 1. The summed E-state index contributed by atoms with van der Waals surface area (Å²) in [5.74, 6) is 0.533. The maximum Gasteiger partial charge on any atom is 0.233 e. The monoisotopic (exact) mass is 355 g/mol. The summed E-state index contributed by atoms with van der Waals surface area (Å²) in [6, 6.07) is 6.31. The molecule has 130 valence electrons. The predicted molar refractivity (Wildman–Crippen MR) is 99.7 cm³/mol. The van der Waals surface area contributed by atoms with E-state index in [2.05, 4.69) is 45.3 Å². The van der Waals surface area contributed by atoms with Gasteiger partial charge in [0.1, 0.15) is 5.52 Å². The van der Waals surface area contributed by atoms with Gasteiger partial charge in [-0.05, 0) is 43.4 Å². The lowest BCUT2D eigenvalue weighted by Gasteiger charge is -2.26. The highest BCUT2D eigenvalue weighted by molar-refractivity contribution is 7.99. The van der Waals surface area contributed by atoms with Crippen molar-refractivity contribution >= 4 is 39.7 Å². The Morgan fingerprint density at radius 2 is 2.08 bits per heavy atom. The van der Waals surface area contributed by atoms with E-state index in [4.69, 9.17) is 0 Å². The van der Waals surface area contributed by atoms with Gasteiger partial charge >= 0.3 is 0 Å². The zero-order chi connectivity index (χ0) is 17.2. The van der Waals surface area contributed by atoms with E-state index in [0.717, 1.165) is 54.4 Å². The van der Waals surface area contributed by atoms with Crippen LogP contribution in [0.2, 0.25) is 0 Å². The van der Waals surface area contributed by atoms with E-state index >= 15 is 0 Å². The summed E-state index contributed by atoms with van der Waals surface area (Å²) in [6.07, 6.45) is 4.42. The minimum atomic E-state index is 0.164. The maximum absolute atomic E-state index is 12.3. The average molecular weight is 355 g/mol. The number of hydrogen-bond donors (Lipinski definition) is 1. The molecule has 25 heavy (non-hydrogen) atoms. The van der Waals surface area contributed by atoms with Gasteiger partial charge in [0.2, 0.25) is 11.1 Å². The van der Waals surface area contributed by atoms with Crippen LogP contribution in [0.15, 0.2) is 23.4 Å². The number of aryl methyl sites for hydroxylation is 1. The number of aromatic amines is 1. The molecule has 0 atom stereocenters. The van der Waals surface area contributed by atoms with E-state index in [-0.39, 0.29) is 5.91 Å². The van der Waals surface area contributed by atoms with Crippen molar-refractivity contribution in [1.82, 2.24) is 25.1 Å². The molecule has 1 fully saturated rings. The van der Waals surface area contributed by atoms with Gasteiger partial charge in [-0.1, -0.05) is 24.8 Å². The third-order valence-corrected chi connectivity index (χ3v) is 5.52. The minimum Gasteiger partial charge on any atom is -0.342 e. The van der Waals surface area contributed by atoms with Crippen LogP contribution in [0.5, 0.6) is 0 Å². The fourth-order valence-corrected chi connectivity index (χ4v) is 3.94. The molecule has 0 saturated carbocycles. The van der Waals surface area contributed by atoms with E-state index in [1.807, 2.05) is 4.90 Å². The van der Waals surface area contributed by atoms with Crippen LogP contribution in [-0.4, -0.2) is 49.8 Å². The summed E-state index contributed by atoms with van der Waals surface area (Å²) >= 11 is 1.36. The SMILES string of the molecule is CCc1ccc2[nH]c3nc(SCC(=O)N4CCCCC4)nnc3c2c1. The molecule has 0 bridgehead atoms. The van der Waals surface area contributed by atoms with Gasteiger partial charge in [-0.25, -0.2) is 4.98 Å². The molecule has 4 rings (SSSR count). The highest BCUT2D eigenvalue weighted by Gasteiger charge is 2.17. The van der Waals surface area contributed by atoms with Crippen LogP contribution in [0.1, 0.15) is 31.7 Å². The Morgan fingerprint density at radius 1 is 1.24 bits per heavy atom. The van der Waals surface area contributed by atoms with Crippen LogP contribution in [0.25, 0.3) is 22.1 Å². The number of benzene rings is 1. The minimum absolute atomic E-state index is 0.164. The first kappa shape index (κ1) is 16.3. The molecule has 6 nitrogen and oxygen atoms in total. The topological polar surface area (TPSA) is 74.8 Å². The molecule has 3 aromatic rings. The number of nitrogens with one attached hydrogen (secondary N) is 1. The van der Waals surface area contributed by atoms with Crippen molar-refractivity contribution in [1.29, 1.82) is 0 Å². The number of hydrogen-bond acceptors (Lipinski definition) is 5. The van der Waals surface area contributed by atoms with E-state index in [1.165, 1.54) is 23.7 Å². The quantitative estimate of drug-likeness (QED) is 0.728. The first-order valence-electron chi connectivity index (χ1n) is 8.80. The molecule has 2 aromatic heterocycles. The number of likely N-dealkylation sites (tertiary alicyclic amines) is 1. The molecule has 0 radical (unpaired) electrons. The second-order valence-electron chi connectivity index (χ2n) is 6.38. The Labute approximate surface area is 150 Å². The summed E-state index contributed by atoms with van der Waals surface area (Å²) in [7, 11) is 0. The Kier molecular flexibility index (Phi) is 4.57. The lowest BCUT2D eigenvalue weighted by molar-refractivity contribution is -0.129. The Morgan fingerprint density at radius 3 is 2.88 bits per heavy atom. The highest BCUT2D eigenvalue weighted by Crippen LogP contribution is 2.25. The summed E-state index contributed by atoms with van der Waals surface area (Å²) in [5, 5.41) is 10.2. The molecule has 3 heterocycles. The number of thioether (sulfide) groups is 1. The Bertz CT molecular complexity index is 916. The zero-order valence-corrected chi connectivity index (χ0v) is 15.1. The molecular weight excluding hydrogens is 334 g/mol. The van der Waals surface area contributed by atoms with Crippen molar-refractivity contribution in [3.05, 3.63) is 23.8 Å². The highest BCUT2D eigenvalue weighted by atomic mass is 32.2. The average Bonchev–Trinajstić information content (AvgIpc) is 3.03. The van der Waals surface area contributed by atoms with Crippen molar-refractivity contribution in [2.75, 3.05) is 18.8 Å². The zero-order valence-electron chi connectivity index (χ0n) is 14.3. The maximum atomic E-state index is 12.3. The molecular formula is C18H21N5OS. The normalized spacial score (nSPS) is 15.2. The Hall–Kier alpha value is -2.15. The predicted octanol–water partition coefficient (Wildman–Crippen LogP) is 3.17.